The molecule has 0 saturated carbocycles. The molecule has 0 aliphatic carbocycles. The fourth-order valence-corrected chi connectivity index (χ4v) is 1.79. The van der Waals surface area contributed by atoms with Crippen LogP contribution in [0.15, 0.2) is 18.2 Å². The molecule has 0 amide bonds. The second kappa shape index (κ2) is 3.26. The zero-order valence-corrected chi connectivity index (χ0v) is 8.91. The molecule has 1 aromatic carbocycles. The molecular weight excluding hydrogens is 192 g/mol. The Morgan fingerprint density at radius 1 is 1.47 bits per heavy atom. The maximum Gasteiger partial charge on any atom is 0.335 e. The molecule has 3 heteroatoms. The van der Waals surface area contributed by atoms with E-state index in [9.17, 15) is 4.79 Å². The third-order valence-corrected chi connectivity index (χ3v) is 2.69. The number of fused-ring (bicyclic) bond motifs is 1. The maximum atomic E-state index is 10.8. The van der Waals surface area contributed by atoms with Gasteiger partial charge in [0.25, 0.3) is 0 Å². The van der Waals surface area contributed by atoms with Gasteiger partial charge >= 0.3 is 5.97 Å². The van der Waals surface area contributed by atoms with Crippen molar-refractivity contribution in [1.29, 1.82) is 0 Å². The van der Waals surface area contributed by atoms with Crippen LogP contribution in [0.5, 0.6) is 5.75 Å². The summed E-state index contributed by atoms with van der Waals surface area (Å²) in [5, 5.41) is 8.85. The molecule has 1 aromatic rings. The van der Waals surface area contributed by atoms with E-state index >= 15 is 0 Å². The van der Waals surface area contributed by atoms with Gasteiger partial charge in [0.2, 0.25) is 0 Å². The first-order valence-corrected chi connectivity index (χ1v) is 5.03. The first-order valence-electron chi connectivity index (χ1n) is 5.03. The lowest BCUT2D eigenvalue weighted by molar-refractivity contribution is 0.0695. The molecule has 0 fully saturated rings. The number of aryl methyl sites for hydroxylation is 1. The minimum atomic E-state index is -0.886. The first-order chi connectivity index (χ1) is 6.98. The molecule has 0 atom stereocenters. The van der Waals surface area contributed by atoms with Crippen LogP contribution in [-0.4, -0.2) is 16.7 Å². The van der Waals surface area contributed by atoms with E-state index in [1.165, 1.54) is 0 Å². The predicted molar refractivity (Wildman–Crippen MR) is 56.4 cm³/mol. The van der Waals surface area contributed by atoms with E-state index in [1.807, 2.05) is 13.8 Å². The normalized spacial score (nSPS) is 17.7. The summed E-state index contributed by atoms with van der Waals surface area (Å²) >= 11 is 0. The summed E-state index contributed by atoms with van der Waals surface area (Å²) in [4.78, 5) is 10.8. The van der Waals surface area contributed by atoms with Crippen LogP contribution in [-0.2, 0) is 6.42 Å². The smallest absolute Gasteiger partial charge is 0.335 e. The van der Waals surface area contributed by atoms with Crippen molar-refractivity contribution in [2.45, 2.75) is 32.3 Å². The molecule has 1 aliphatic heterocycles. The fourth-order valence-electron chi connectivity index (χ4n) is 1.79. The van der Waals surface area contributed by atoms with Crippen LogP contribution in [0.1, 0.15) is 36.2 Å². The van der Waals surface area contributed by atoms with Gasteiger partial charge in [0.05, 0.1) is 5.56 Å². The minimum Gasteiger partial charge on any atom is -0.488 e. The number of hydrogen-bond acceptors (Lipinski definition) is 2. The number of benzene rings is 1. The van der Waals surface area contributed by atoms with Crippen LogP contribution in [0.2, 0.25) is 0 Å². The van der Waals surface area contributed by atoms with Gasteiger partial charge in [0.1, 0.15) is 11.4 Å². The van der Waals surface area contributed by atoms with Crippen molar-refractivity contribution in [2.75, 3.05) is 0 Å². The highest BCUT2D eigenvalue weighted by atomic mass is 16.5. The van der Waals surface area contributed by atoms with Crippen LogP contribution < -0.4 is 4.74 Å². The van der Waals surface area contributed by atoms with Crippen molar-refractivity contribution < 1.29 is 14.6 Å². The van der Waals surface area contributed by atoms with Gasteiger partial charge in [0.15, 0.2) is 0 Å². The Balaban J connectivity index is 2.36. The number of aromatic carboxylic acids is 1. The largest absolute Gasteiger partial charge is 0.488 e. The molecule has 0 unspecified atom stereocenters. The summed E-state index contributed by atoms with van der Waals surface area (Å²) < 4.78 is 5.76. The van der Waals surface area contributed by atoms with Crippen LogP contribution >= 0.6 is 0 Å². The SMILES string of the molecule is CC1(C)CCc2cc(C(=O)O)ccc2O1. The van der Waals surface area contributed by atoms with Crippen molar-refractivity contribution in [2.24, 2.45) is 0 Å². The Hall–Kier alpha value is -1.51. The van der Waals surface area contributed by atoms with Crippen molar-refractivity contribution in [3.05, 3.63) is 29.3 Å². The van der Waals surface area contributed by atoms with E-state index in [1.54, 1.807) is 18.2 Å². The van der Waals surface area contributed by atoms with Crippen molar-refractivity contribution in [1.82, 2.24) is 0 Å². The van der Waals surface area contributed by atoms with Gasteiger partial charge in [-0.05, 0) is 50.5 Å². The molecule has 0 bridgehead atoms. The molecular formula is C12H14O3. The molecule has 2 rings (SSSR count). The Morgan fingerprint density at radius 2 is 2.20 bits per heavy atom. The molecule has 1 heterocycles. The molecule has 15 heavy (non-hydrogen) atoms. The zero-order chi connectivity index (χ0) is 11.1. The van der Waals surface area contributed by atoms with Crippen molar-refractivity contribution >= 4 is 5.97 Å². The molecule has 1 aliphatic rings. The highest BCUT2D eigenvalue weighted by molar-refractivity contribution is 5.88. The van der Waals surface area contributed by atoms with E-state index in [-0.39, 0.29) is 5.60 Å². The van der Waals surface area contributed by atoms with Gasteiger partial charge in [-0.1, -0.05) is 0 Å². The summed E-state index contributed by atoms with van der Waals surface area (Å²) in [6.45, 7) is 4.09. The number of hydrogen-bond donors (Lipinski definition) is 1. The number of carboxylic acid groups (broad SMARTS) is 1. The summed E-state index contributed by atoms with van der Waals surface area (Å²) in [5.74, 6) is -0.0705. The molecule has 0 spiro atoms. The molecule has 3 nitrogen and oxygen atoms in total. The quantitative estimate of drug-likeness (QED) is 0.767. The Bertz CT molecular complexity index is 407. The minimum absolute atomic E-state index is 0.141. The summed E-state index contributed by atoms with van der Waals surface area (Å²) in [6.07, 6.45) is 1.80. The van der Waals surface area contributed by atoms with Crippen LogP contribution in [0.3, 0.4) is 0 Å². The summed E-state index contributed by atoms with van der Waals surface area (Å²) in [6, 6.07) is 5.04. The maximum absolute atomic E-state index is 10.8. The predicted octanol–water partition coefficient (Wildman–Crippen LogP) is 2.49. The van der Waals surface area contributed by atoms with Gasteiger partial charge in [0, 0.05) is 0 Å². The fraction of sp³-hybridized carbons (Fsp3) is 0.417. The van der Waals surface area contributed by atoms with Gasteiger partial charge in [-0.3, -0.25) is 0 Å². The number of ether oxygens (including phenoxy) is 1. The van der Waals surface area contributed by atoms with Crippen LogP contribution in [0.25, 0.3) is 0 Å². The zero-order valence-electron chi connectivity index (χ0n) is 8.91. The molecule has 0 saturated heterocycles. The van der Waals surface area contributed by atoms with Gasteiger partial charge < -0.3 is 9.84 Å². The first kappa shape index (κ1) is 10.0. The monoisotopic (exact) mass is 206 g/mol. The van der Waals surface area contributed by atoms with E-state index in [4.69, 9.17) is 9.84 Å². The number of rotatable bonds is 1. The third-order valence-electron chi connectivity index (χ3n) is 2.69. The average Bonchev–Trinajstić information content (AvgIpc) is 2.15. The van der Waals surface area contributed by atoms with Crippen LogP contribution in [0, 0.1) is 0 Å². The lowest BCUT2D eigenvalue weighted by atomic mass is 9.93. The van der Waals surface area contributed by atoms with E-state index in [0.29, 0.717) is 5.56 Å². The summed E-state index contributed by atoms with van der Waals surface area (Å²) in [7, 11) is 0. The lowest BCUT2D eigenvalue weighted by Crippen LogP contribution is -2.32. The number of carboxylic acids is 1. The highest BCUT2D eigenvalue weighted by Crippen LogP contribution is 2.33. The highest BCUT2D eigenvalue weighted by Gasteiger charge is 2.26. The standard InChI is InChI=1S/C12H14O3/c1-12(2)6-5-8-7-9(11(13)14)3-4-10(8)15-12/h3-4,7H,5-6H2,1-2H3,(H,13,14). The van der Waals surface area contributed by atoms with Gasteiger partial charge in [-0.2, -0.15) is 0 Å². The Kier molecular flexibility index (Phi) is 2.18. The van der Waals surface area contributed by atoms with Gasteiger partial charge in [-0.25, -0.2) is 4.79 Å². The third kappa shape index (κ3) is 1.96. The summed E-state index contributed by atoms with van der Waals surface area (Å²) in [5.41, 5.74) is 1.18. The second-order valence-corrected chi connectivity index (χ2v) is 4.49. The Morgan fingerprint density at radius 3 is 2.87 bits per heavy atom. The van der Waals surface area contributed by atoms with Crippen LogP contribution in [0.4, 0.5) is 0 Å². The molecule has 80 valence electrons. The molecule has 1 N–H and O–H groups in total. The molecule has 0 aromatic heterocycles. The average molecular weight is 206 g/mol. The van der Waals surface area contributed by atoms with E-state index in [2.05, 4.69) is 0 Å². The lowest BCUT2D eigenvalue weighted by Gasteiger charge is -2.32. The Labute approximate surface area is 88.7 Å². The van der Waals surface area contributed by atoms with E-state index in [0.717, 1.165) is 24.2 Å². The van der Waals surface area contributed by atoms with E-state index < -0.39 is 5.97 Å². The topological polar surface area (TPSA) is 46.5 Å². The van der Waals surface area contributed by atoms with Crippen molar-refractivity contribution in [3.8, 4) is 5.75 Å². The number of carbonyl (C=O) groups is 1. The molecule has 0 radical (unpaired) electrons. The van der Waals surface area contributed by atoms with Crippen molar-refractivity contribution in [3.63, 3.8) is 0 Å². The van der Waals surface area contributed by atoms with Gasteiger partial charge in [-0.15, -0.1) is 0 Å². The second-order valence-electron chi connectivity index (χ2n) is 4.49.